The van der Waals surface area contributed by atoms with Gasteiger partial charge in [-0.05, 0) is 73.9 Å². The van der Waals surface area contributed by atoms with Crippen LogP contribution in [0, 0.1) is 0 Å². The Morgan fingerprint density at radius 3 is 2.65 bits per heavy atom. The van der Waals surface area contributed by atoms with Gasteiger partial charge in [-0.15, -0.1) is 0 Å². The van der Waals surface area contributed by atoms with Gasteiger partial charge in [0.2, 0.25) is 0 Å². The van der Waals surface area contributed by atoms with Gasteiger partial charge < -0.3 is 19.4 Å². The number of aryl methyl sites for hydroxylation is 1. The van der Waals surface area contributed by atoms with Crippen molar-refractivity contribution >= 4 is 38.9 Å². The van der Waals surface area contributed by atoms with E-state index in [1.54, 1.807) is 7.11 Å². The summed E-state index contributed by atoms with van der Waals surface area (Å²) in [5, 5.41) is 3.01. The zero-order valence-electron chi connectivity index (χ0n) is 21.2. The third-order valence-corrected chi connectivity index (χ3v) is 6.58. The Morgan fingerprint density at radius 1 is 1.05 bits per heavy atom. The minimum absolute atomic E-state index is 0.0820. The maximum atomic E-state index is 12.5. The number of amides is 1. The van der Waals surface area contributed by atoms with Crippen LogP contribution in [0.2, 0.25) is 0 Å². The standard InChI is InChI=1S/C30H32BrN3O3/c1-3-8-22-11-16-27(28(21-22)36-2)37-20-7-6-19-34-26-10-5-4-9-25(26)33-29(34)17-18-32-30(35)23-12-14-24(31)15-13-23/h3-5,8-16,21H,6-7,17-20H2,1-2H3,(H,32,35)/b8-3+. The van der Waals surface area contributed by atoms with Crippen LogP contribution in [0.25, 0.3) is 17.1 Å². The molecule has 37 heavy (non-hydrogen) atoms. The average molecular weight is 563 g/mol. The number of hydrogen-bond donors (Lipinski definition) is 1. The highest BCUT2D eigenvalue weighted by atomic mass is 79.9. The summed E-state index contributed by atoms with van der Waals surface area (Å²) >= 11 is 3.40. The predicted molar refractivity (Wildman–Crippen MR) is 152 cm³/mol. The number of rotatable bonds is 12. The number of unbranched alkanes of at least 4 members (excludes halogenated alkanes) is 1. The van der Waals surface area contributed by atoms with Crippen molar-refractivity contribution in [1.82, 2.24) is 14.9 Å². The Labute approximate surface area is 226 Å². The molecule has 0 saturated carbocycles. The predicted octanol–water partition coefficient (Wildman–Crippen LogP) is 6.67. The molecule has 6 nitrogen and oxygen atoms in total. The fourth-order valence-electron chi connectivity index (χ4n) is 4.21. The molecule has 4 aromatic rings. The number of aromatic nitrogens is 2. The van der Waals surface area contributed by atoms with Gasteiger partial charge in [0, 0.05) is 29.5 Å². The number of halogens is 1. The molecule has 3 aromatic carbocycles. The Hall–Kier alpha value is -3.58. The molecule has 0 radical (unpaired) electrons. The van der Waals surface area contributed by atoms with Crippen LogP contribution < -0.4 is 14.8 Å². The molecular weight excluding hydrogens is 530 g/mol. The lowest BCUT2D eigenvalue weighted by Gasteiger charge is -2.13. The maximum Gasteiger partial charge on any atom is 0.251 e. The van der Waals surface area contributed by atoms with E-state index in [0.29, 0.717) is 25.1 Å². The Morgan fingerprint density at radius 2 is 1.86 bits per heavy atom. The van der Waals surface area contributed by atoms with Crippen LogP contribution in [-0.4, -0.2) is 35.7 Å². The van der Waals surface area contributed by atoms with Crippen molar-refractivity contribution in [3.05, 3.63) is 94.2 Å². The number of hydrogen-bond acceptors (Lipinski definition) is 4. The van der Waals surface area contributed by atoms with Gasteiger partial charge >= 0.3 is 0 Å². The SMILES string of the molecule is C/C=C/c1ccc(OCCCCn2c(CCNC(=O)c3ccc(Br)cc3)nc3ccccc32)c(OC)c1. The molecule has 0 bridgehead atoms. The quantitative estimate of drug-likeness (QED) is 0.196. The van der Waals surface area contributed by atoms with Crippen LogP contribution in [0.15, 0.2) is 77.3 Å². The molecule has 0 atom stereocenters. The van der Waals surface area contributed by atoms with Crippen LogP contribution in [0.3, 0.4) is 0 Å². The molecule has 0 fully saturated rings. The van der Waals surface area contributed by atoms with Gasteiger partial charge in [-0.2, -0.15) is 0 Å². The number of methoxy groups -OCH3 is 1. The Balaban J connectivity index is 1.33. The number of ether oxygens (including phenoxy) is 2. The van der Waals surface area contributed by atoms with E-state index in [9.17, 15) is 4.79 Å². The average Bonchev–Trinajstić information content (AvgIpc) is 3.26. The first-order valence-corrected chi connectivity index (χ1v) is 13.3. The zero-order chi connectivity index (χ0) is 26.0. The lowest BCUT2D eigenvalue weighted by Crippen LogP contribution is -2.26. The normalized spacial score (nSPS) is 11.2. The van der Waals surface area contributed by atoms with Crippen LogP contribution in [-0.2, 0) is 13.0 Å². The zero-order valence-corrected chi connectivity index (χ0v) is 22.8. The summed E-state index contributed by atoms with van der Waals surface area (Å²) in [5.74, 6) is 2.38. The van der Waals surface area contributed by atoms with Crippen LogP contribution in [0.5, 0.6) is 11.5 Å². The van der Waals surface area contributed by atoms with Crippen molar-refractivity contribution in [1.29, 1.82) is 0 Å². The molecule has 0 aliphatic rings. The third-order valence-electron chi connectivity index (χ3n) is 6.05. The second kappa shape index (κ2) is 13.1. The number of carbonyl (C=O) groups excluding carboxylic acids is 1. The van der Waals surface area contributed by atoms with Crippen molar-refractivity contribution < 1.29 is 14.3 Å². The second-order valence-electron chi connectivity index (χ2n) is 8.65. The summed E-state index contributed by atoms with van der Waals surface area (Å²) in [6.07, 6.45) is 6.53. The molecule has 4 rings (SSSR count). The van der Waals surface area contributed by atoms with E-state index in [1.165, 1.54) is 0 Å². The number of imidazole rings is 1. The fourth-order valence-corrected chi connectivity index (χ4v) is 4.47. The lowest BCUT2D eigenvalue weighted by molar-refractivity contribution is 0.0954. The first-order chi connectivity index (χ1) is 18.1. The molecule has 0 aliphatic heterocycles. The van der Waals surface area contributed by atoms with Gasteiger partial charge in [-0.1, -0.05) is 46.3 Å². The molecular formula is C30H32BrN3O3. The molecule has 1 heterocycles. The molecule has 0 spiro atoms. The van der Waals surface area contributed by atoms with Gasteiger partial charge in [-0.25, -0.2) is 4.98 Å². The van der Waals surface area contributed by atoms with Gasteiger partial charge in [0.1, 0.15) is 5.82 Å². The van der Waals surface area contributed by atoms with Gasteiger partial charge in [-0.3, -0.25) is 4.79 Å². The molecule has 0 unspecified atom stereocenters. The van der Waals surface area contributed by atoms with Crippen LogP contribution in [0.1, 0.15) is 41.5 Å². The summed E-state index contributed by atoms with van der Waals surface area (Å²) in [4.78, 5) is 17.3. The first kappa shape index (κ1) is 26.5. The Bertz CT molecular complexity index is 1360. The number of benzene rings is 3. The van der Waals surface area contributed by atoms with E-state index in [1.807, 2.05) is 79.7 Å². The number of fused-ring (bicyclic) bond motifs is 1. The number of allylic oxidation sites excluding steroid dienone is 1. The topological polar surface area (TPSA) is 65.4 Å². The first-order valence-electron chi connectivity index (χ1n) is 12.5. The molecule has 1 amide bonds. The highest BCUT2D eigenvalue weighted by molar-refractivity contribution is 9.10. The van der Waals surface area contributed by atoms with Gasteiger partial charge in [0.25, 0.3) is 5.91 Å². The van der Waals surface area contributed by atoms with Crippen molar-refractivity contribution in [2.24, 2.45) is 0 Å². The smallest absolute Gasteiger partial charge is 0.251 e. The van der Waals surface area contributed by atoms with E-state index in [4.69, 9.17) is 14.5 Å². The second-order valence-corrected chi connectivity index (χ2v) is 9.56. The summed E-state index contributed by atoms with van der Waals surface area (Å²) in [5.41, 5.74) is 3.81. The van der Waals surface area contributed by atoms with Crippen LogP contribution >= 0.6 is 15.9 Å². The number of carbonyl (C=O) groups is 1. The van der Waals surface area contributed by atoms with E-state index in [-0.39, 0.29) is 5.91 Å². The highest BCUT2D eigenvalue weighted by Crippen LogP contribution is 2.29. The van der Waals surface area contributed by atoms with Crippen molar-refractivity contribution in [2.45, 2.75) is 32.7 Å². The van der Waals surface area contributed by atoms with E-state index in [0.717, 1.165) is 57.8 Å². The van der Waals surface area contributed by atoms with E-state index < -0.39 is 0 Å². The minimum Gasteiger partial charge on any atom is -0.493 e. The molecule has 1 N–H and O–H groups in total. The summed E-state index contributed by atoms with van der Waals surface area (Å²) in [6, 6.07) is 21.5. The molecule has 192 valence electrons. The fraction of sp³-hybridized carbons (Fsp3) is 0.267. The summed E-state index contributed by atoms with van der Waals surface area (Å²) < 4.78 is 14.7. The monoisotopic (exact) mass is 561 g/mol. The Kier molecular flexibility index (Phi) is 9.38. The summed E-state index contributed by atoms with van der Waals surface area (Å²) in [6.45, 7) is 3.94. The minimum atomic E-state index is -0.0820. The number of nitrogens with zero attached hydrogens (tertiary/aromatic N) is 2. The van der Waals surface area contributed by atoms with Gasteiger partial charge in [0.05, 0.1) is 24.8 Å². The number of nitrogens with one attached hydrogen (secondary N) is 1. The number of para-hydroxylation sites is 2. The summed E-state index contributed by atoms with van der Waals surface area (Å²) in [7, 11) is 1.66. The lowest BCUT2D eigenvalue weighted by atomic mass is 10.2. The maximum absolute atomic E-state index is 12.5. The van der Waals surface area contributed by atoms with E-state index >= 15 is 0 Å². The molecule has 1 aromatic heterocycles. The molecule has 0 saturated heterocycles. The highest BCUT2D eigenvalue weighted by Gasteiger charge is 2.12. The van der Waals surface area contributed by atoms with Crippen molar-refractivity contribution in [2.75, 3.05) is 20.3 Å². The van der Waals surface area contributed by atoms with Crippen molar-refractivity contribution in [3.8, 4) is 11.5 Å². The molecule has 0 aliphatic carbocycles. The largest absolute Gasteiger partial charge is 0.493 e. The van der Waals surface area contributed by atoms with Crippen LogP contribution in [0.4, 0.5) is 0 Å². The van der Waals surface area contributed by atoms with Crippen molar-refractivity contribution in [3.63, 3.8) is 0 Å². The third kappa shape index (κ3) is 7.01. The molecule has 7 heteroatoms. The van der Waals surface area contributed by atoms with E-state index in [2.05, 4.69) is 31.9 Å². The van der Waals surface area contributed by atoms with Gasteiger partial charge in [0.15, 0.2) is 11.5 Å².